The lowest BCUT2D eigenvalue weighted by molar-refractivity contribution is -0.119. The molecule has 1 N–H and O–H groups in total. The molecule has 1 fully saturated rings. The van der Waals surface area contributed by atoms with E-state index in [0.29, 0.717) is 23.2 Å². The summed E-state index contributed by atoms with van der Waals surface area (Å²) in [5.74, 6) is -0.882. The number of anilines is 1. The number of hydrogen-bond donors (Lipinski definition) is 1. The first kappa shape index (κ1) is 18.1. The lowest BCUT2D eigenvalue weighted by Gasteiger charge is -2.16. The van der Waals surface area contributed by atoms with E-state index in [2.05, 4.69) is 5.32 Å². The maximum atomic E-state index is 13.8. The van der Waals surface area contributed by atoms with Crippen molar-refractivity contribution in [3.05, 3.63) is 65.5 Å². The molecule has 0 aromatic heterocycles. The minimum absolute atomic E-state index is 0.00185. The molecule has 1 heterocycles. The minimum atomic E-state index is -0.384. The summed E-state index contributed by atoms with van der Waals surface area (Å²) in [5.41, 5.74) is 1.68. The Morgan fingerprint density at radius 1 is 1.12 bits per heavy atom. The van der Waals surface area contributed by atoms with Crippen LogP contribution in [0.25, 0.3) is 0 Å². The summed E-state index contributed by atoms with van der Waals surface area (Å²) in [7, 11) is 0. The van der Waals surface area contributed by atoms with Gasteiger partial charge in [0.05, 0.1) is 0 Å². The molecule has 1 aliphatic rings. The largest absolute Gasteiger partial charge is 0.339 e. The lowest BCUT2D eigenvalue weighted by atomic mass is 10.00. The zero-order valence-corrected chi connectivity index (χ0v) is 14.9. The molecule has 5 heteroatoms. The smallest absolute Gasteiger partial charge is 0.253 e. The van der Waals surface area contributed by atoms with Crippen LogP contribution in [0.3, 0.4) is 0 Å². The molecule has 2 aromatic rings. The summed E-state index contributed by atoms with van der Waals surface area (Å²) in [6, 6.07) is 13.5. The third-order valence-corrected chi connectivity index (χ3v) is 4.70. The third kappa shape index (κ3) is 4.28. The number of carbonyl (C=O) groups excluding carboxylic acids is 2. The second kappa shape index (κ2) is 8.13. The molecular weight excluding hydrogens is 331 g/mol. The monoisotopic (exact) mass is 354 g/mol. The highest BCUT2D eigenvalue weighted by molar-refractivity contribution is 5.97. The predicted molar refractivity (Wildman–Crippen MR) is 99.5 cm³/mol. The number of halogens is 1. The first-order chi connectivity index (χ1) is 12.5. The van der Waals surface area contributed by atoms with E-state index in [9.17, 15) is 14.0 Å². The van der Waals surface area contributed by atoms with Crippen LogP contribution in [0.1, 0.15) is 35.7 Å². The Hall–Kier alpha value is -2.69. The van der Waals surface area contributed by atoms with Gasteiger partial charge in [0.2, 0.25) is 5.91 Å². The van der Waals surface area contributed by atoms with Crippen LogP contribution in [0.2, 0.25) is 0 Å². The number of nitrogens with zero attached hydrogens (tertiary/aromatic N) is 1. The molecule has 0 radical (unpaired) electrons. The molecule has 26 heavy (non-hydrogen) atoms. The number of rotatable bonds is 5. The standard InChI is InChI=1S/C21H23FN2O2/c1-15(13-16-7-2-3-10-19(16)22)20(25)23-18-9-6-8-17(14-18)21(26)24-11-4-5-12-24/h2-3,6-10,14-15H,4-5,11-13H2,1H3,(H,23,25). The Labute approximate surface area is 153 Å². The molecule has 1 saturated heterocycles. The van der Waals surface area contributed by atoms with E-state index >= 15 is 0 Å². The molecule has 1 atom stereocenters. The summed E-state index contributed by atoms with van der Waals surface area (Å²) >= 11 is 0. The molecule has 2 aromatic carbocycles. The number of amides is 2. The Balaban J connectivity index is 1.64. The van der Waals surface area contributed by atoms with Crippen molar-refractivity contribution >= 4 is 17.5 Å². The van der Waals surface area contributed by atoms with Gasteiger partial charge in [0, 0.05) is 30.3 Å². The summed E-state index contributed by atoms with van der Waals surface area (Å²) in [6.07, 6.45) is 2.40. The second-order valence-electron chi connectivity index (χ2n) is 6.77. The highest BCUT2D eigenvalue weighted by atomic mass is 19.1. The molecule has 4 nitrogen and oxygen atoms in total. The van der Waals surface area contributed by atoms with Crippen molar-refractivity contribution in [3.8, 4) is 0 Å². The molecule has 0 saturated carbocycles. The van der Waals surface area contributed by atoms with Crippen molar-refractivity contribution in [2.75, 3.05) is 18.4 Å². The van der Waals surface area contributed by atoms with Crippen molar-refractivity contribution in [3.63, 3.8) is 0 Å². The maximum Gasteiger partial charge on any atom is 0.253 e. The van der Waals surface area contributed by atoms with Crippen LogP contribution in [-0.4, -0.2) is 29.8 Å². The normalized spacial score (nSPS) is 14.9. The maximum absolute atomic E-state index is 13.8. The number of carbonyl (C=O) groups is 2. The average molecular weight is 354 g/mol. The van der Waals surface area contributed by atoms with Crippen LogP contribution in [-0.2, 0) is 11.2 Å². The van der Waals surface area contributed by atoms with Crippen LogP contribution >= 0.6 is 0 Å². The van der Waals surface area contributed by atoms with Crippen molar-refractivity contribution in [2.24, 2.45) is 5.92 Å². The van der Waals surface area contributed by atoms with Crippen molar-refractivity contribution < 1.29 is 14.0 Å². The molecule has 0 aliphatic carbocycles. The van der Waals surface area contributed by atoms with E-state index in [-0.39, 0.29) is 23.5 Å². The molecule has 0 spiro atoms. The van der Waals surface area contributed by atoms with Gasteiger partial charge in [-0.3, -0.25) is 9.59 Å². The molecule has 2 amide bonds. The van der Waals surface area contributed by atoms with E-state index in [1.54, 1.807) is 49.4 Å². The Morgan fingerprint density at radius 2 is 1.85 bits per heavy atom. The van der Waals surface area contributed by atoms with E-state index in [0.717, 1.165) is 25.9 Å². The molecule has 136 valence electrons. The van der Waals surface area contributed by atoms with Crippen LogP contribution in [0.4, 0.5) is 10.1 Å². The van der Waals surface area contributed by atoms with E-state index in [1.165, 1.54) is 6.07 Å². The molecule has 1 unspecified atom stereocenters. The Morgan fingerprint density at radius 3 is 2.58 bits per heavy atom. The van der Waals surface area contributed by atoms with Gasteiger partial charge in [-0.25, -0.2) is 4.39 Å². The molecular formula is C21H23FN2O2. The van der Waals surface area contributed by atoms with Gasteiger partial charge in [-0.1, -0.05) is 31.2 Å². The fourth-order valence-electron chi connectivity index (χ4n) is 3.18. The summed E-state index contributed by atoms with van der Waals surface area (Å²) in [5, 5.41) is 2.84. The van der Waals surface area contributed by atoms with E-state index in [1.807, 2.05) is 4.90 Å². The third-order valence-electron chi connectivity index (χ3n) is 4.70. The van der Waals surface area contributed by atoms with Crippen molar-refractivity contribution in [1.29, 1.82) is 0 Å². The zero-order valence-electron chi connectivity index (χ0n) is 14.9. The van der Waals surface area contributed by atoms with Crippen molar-refractivity contribution in [1.82, 2.24) is 4.90 Å². The highest BCUT2D eigenvalue weighted by Gasteiger charge is 2.20. The first-order valence-electron chi connectivity index (χ1n) is 8.98. The van der Waals surface area contributed by atoms with Gasteiger partial charge in [0.1, 0.15) is 5.82 Å². The topological polar surface area (TPSA) is 49.4 Å². The molecule has 0 bridgehead atoms. The average Bonchev–Trinajstić information content (AvgIpc) is 3.18. The number of nitrogens with one attached hydrogen (secondary N) is 1. The van der Waals surface area contributed by atoms with Gasteiger partial charge < -0.3 is 10.2 Å². The SMILES string of the molecule is CC(Cc1ccccc1F)C(=O)Nc1cccc(C(=O)N2CCCC2)c1. The predicted octanol–water partition coefficient (Wildman–Crippen LogP) is 3.88. The zero-order chi connectivity index (χ0) is 18.5. The van der Waals surface area contributed by atoms with Gasteiger partial charge in [-0.2, -0.15) is 0 Å². The summed E-state index contributed by atoms with van der Waals surface area (Å²) in [4.78, 5) is 26.7. The molecule has 3 rings (SSSR count). The quantitative estimate of drug-likeness (QED) is 0.886. The Kier molecular flexibility index (Phi) is 5.66. The van der Waals surface area contributed by atoms with Gasteiger partial charge in [-0.15, -0.1) is 0 Å². The summed E-state index contributed by atoms with van der Waals surface area (Å²) < 4.78 is 13.8. The summed E-state index contributed by atoms with van der Waals surface area (Å²) in [6.45, 7) is 3.34. The van der Waals surface area contributed by atoms with Gasteiger partial charge in [-0.05, 0) is 49.1 Å². The van der Waals surface area contributed by atoms with Crippen LogP contribution in [0, 0.1) is 11.7 Å². The number of likely N-dealkylation sites (tertiary alicyclic amines) is 1. The van der Waals surface area contributed by atoms with Crippen LogP contribution in [0.15, 0.2) is 48.5 Å². The van der Waals surface area contributed by atoms with Crippen LogP contribution < -0.4 is 5.32 Å². The highest BCUT2D eigenvalue weighted by Crippen LogP contribution is 2.18. The lowest BCUT2D eigenvalue weighted by Crippen LogP contribution is -2.28. The van der Waals surface area contributed by atoms with Crippen molar-refractivity contribution in [2.45, 2.75) is 26.2 Å². The van der Waals surface area contributed by atoms with Gasteiger partial charge in [0.15, 0.2) is 0 Å². The second-order valence-corrected chi connectivity index (χ2v) is 6.77. The number of hydrogen-bond acceptors (Lipinski definition) is 2. The van der Waals surface area contributed by atoms with Crippen LogP contribution in [0.5, 0.6) is 0 Å². The van der Waals surface area contributed by atoms with E-state index in [4.69, 9.17) is 0 Å². The number of benzene rings is 2. The van der Waals surface area contributed by atoms with Gasteiger partial charge in [0.25, 0.3) is 5.91 Å². The Bertz CT molecular complexity index is 800. The fourth-order valence-corrected chi connectivity index (χ4v) is 3.18. The molecule has 1 aliphatic heterocycles. The van der Waals surface area contributed by atoms with Gasteiger partial charge >= 0.3 is 0 Å². The van der Waals surface area contributed by atoms with E-state index < -0.39 is 0 Å². The minimum Gasteiger partial charge on any atom is -0.339 e. The fraction of sp³-hybridized carbons (Fsp3) is 0.333. The first-order valence-corrected chi connectivity index (χ1v) is 8.98.